The van der Waals surface area contributed by atoms with Crippen LogP contribution in [-0.4, -0.2) is 27.6 Å². The second-order valence-corrected chi connectivity index (χ2v) is 8.92. The minimum atomic E-state index is -0.337. The lowest BCUT2D eigenvalue weighted by molar-refractivity contribution is 0.317. The molecular weight excluding hydrogens is 566 g/mol. The minimum Gasteiger partial charge on any atom is -0.503 e. The summed E-state index contributed by atoms with van der Waals surface area (Å²) in [6, 6.07) is 18.1. The highest BCUT2D eigenvalue weighted by molar-refractivity contribution is 9.13. The van der Waals surface area contributed by atoms with Gasteiger partial charge in [-0.05, 0) is 69.1 Å². The van der Waals surface area contributed by atoms with Crippen molar-refractivity contribution in [1.29, 1.82) is 0 Å². The molecular formula is C25H17Br2N3O4. The lowest BCUT2D eigenvalue weighted by Gasteiger charge is -2.11. The zero-order valence-corrected chi connectivity index (χ0v) is 21.0. The molecule has 9 heteroatoms. The van der Waals surface area contributed by atoms with Crippen LogP contribution in [0.2, 0.25) is 0 Å². The summed E-state index contributed by atoms with van der Waals surface area (Å²) in [5, 5.41) is 16.1. The Kier molecular flexibility index (Phi) is 5.97. The van der Waals surface area contributed by atoms with Gasteiger partial charge in [0, 0.05) is 15.4 Å². The fraction of sp³-hybridized carbons (Fsp3) is 0.0800. The average molecular weight is 583 g/mol. The maximum atomic E-state index is 13.4. The molecule has 2 heterocycles. The predicted octanol–water partition coefficient (Wildman–Crippen LogP) is 6.32. The molecule has 0 amide bonds. The van der Waals surface area contributed by atoms with Gasteiger partial charge in [0.05, 0.1) is 28.2 Å². The molecule has 0 bridgehead atoms. The van der Waals surface area contributed by atoms with Gasteiger partial charge in [-0.3, -0.25) is 4.79 Å². The first-order valence-electron chi connectivity index (χ1n) is 10.4. The van der Waals surface area contributed by atoms with Crippen LogP contribution < -0.4 is 10.3 Å². The van der Waals surface area contributed by atoms with Gasteiger partial charge in [-0.2, -0.15) is 9.78 Å². The molecule has 2 aromatic heterocycles. The van der Waals surface area contributed by atoms with Crippen LogP contribution in [-0.2, 0) is 0 Å². The Labute approximate surface area is 210 Å². The van der Waals surface area contributed by atoms with Crippen molar-refractivity contribution in [2.24, 2.45) is 5.10 Å². The first-order valence-corrected chi connectivity index (χ1v) is 12.0. The lowest BCUT2D eigenvalue weighted by Crippen LogP contribution is -2.20. The number of phenolic OH excluding ortho intramolecular Hbond substituents is 1. The predicted molar refractivity (Wildman–Crippen MR) is 139 cm³/mol. The number of para-hydroxylation sites is 2. The van der Waals surface area contributed by atoms with Crippen molar-refractivity contribution in [3.63, 3.8) is 0 Å². The number of furan rings is 1. The molecule has 0 aliphatic heterocycles. The van der Waals surface area contributed by atoms with Gasteiger partial charge in [-0.15, -0.1) is 0 Å². The molecule has 3 aromatic carbocycles. The van der Waals surface area contributed by atoms with Crippen LogP contribution in [0.5, 0.6) is 11.5 Å². The molecule has 0 aliphatic carbocycles. The minimum absolute atomic E-state index is 0.0293. The fourth-order valence-electron chi connectivity index (χ4n) is 3.57. The monoisotopic (exact) mass is 581 g/mol. The van der Waals surface area contributed by atoms with Crippen LogP contribution in [0.25, 0.3) is 33.5 Å². The summed E-state index contributed by atoms with van der Waals surface area (Å²) < 4.78 is 13.7. The number of aromatic nitrogens is 2. The fourth-order valence-corrected chi connectivity index (χ4v) is 4.40. The number of hydrogen-bond donors (Lipinski definition) is 1. The highest BCUT2D eigenvalue weighted by atomic mass is 79.9. The summed E-state index contributed by atoms with van der Waals surface area (Å²) >= 11 is 6.82. The average Bonchev–Trinajstić information content (AvgIpc) is 3.29. The van der Waals surface area contributed by atoms with Crippen molar-refractivity contribution in [1.82, 2.24) is 9.66 Å². The Bertz CT molecular complexity index is 1610. The number of halogens is 2. The summed E-state index contributed by atoms with van der Waals surface area (Å²) in [5.74, 6) is 0.955. The van der Waals surface area contributed by atoms with Crippen LogP contribution in [0.4, 0.5) is 0 Å². The second-order valence-electron chi connectivity index (χ2n) is 7.34. The van der Waals surface area contributed by atoms with Gasteiger partial charge in [0.25, 0.3) is 5.56 Å². The number of hydrogen-bond acceptors (Lipinski definition) is 6. The molecule has 1 N–H and O–H groups in total. The van der Waals surface area contributed by atoms with Gasteiger partial charge in [0.2, 0.25) is 5.82 Å². The van der Waals surface area contributed by atoms with Crippen LogP contribution in [0.3, 0.4) is 0 Å². The third-order valence-corrected chi connectivity index (χ3v) is 7.34. The van der Waals surface area contributed by atoms with Gasteiger partial charge in [-0.1, -0.05) is 30.3 Å². The number of phenols is 1. The largest absolute Gasteiger partial charge is 0.503 e. The molecule has 0 unspecified atom stereocenters. The summed E-state index contributed by atoms with van der Waals surface area (Å²) in [6.45, 7) is 2.20. The van der Waals surface area contributed by atoms with Crippen molar-refractivity contribution in [3.8, 4) is 23.1 Å². The van der Waals surface area contributed by atoms with E-state index in [1.807, 2.05) is 43.3 Å². The van der Waals surface area contributed by atoms with E-state index in [1.54, 1.807) is 24.3 Å². The molecule has 0 atom stereocenters. The van der Waals surface area contributed by atoms with Crippen molar-refractivity contribution in [2.45, 2.75) is 6.92 Å². The van der Waals surface area contributed by atoms with E-state index in [2.05, 4.69) is 41.9 Å². The number of nitrogens with zero attached hydrogens (tertiary/aromatic N) is 3. The molecule has 7 nitrogen and oxygen atoms in total. The van der Waals surface area contributed by atoms with E-state index in [-0.39, 0.29) is 17.1 Å². The van der Waals surface area contributed by atoms with Crippen molar-refractivity contribution in [3.05, 3.63) is 85.5 Å². The zero-order valence-electron chi connectivity index (χ0n) is 17.8. The Balaban J connectivity index is 1.72. The normalized spacial score (nSPS) is 11.6. The van der Waals surface area contributed by atoms with Crippen molar-refractivity contribution < 1.29 is 14.3 Å². The smallest absolute Gasteiger partial charge is 0.282 e. The number of benzene rings is 3. The Morgan fingerprint density at radius 3 is 2.68 bits per heavy atom. The molecule has 5 aromatic rings. The van der Waals surface area contributed by atoms with Gasteiger partial charge in [0.1, 0.15) is 5.58 Å². The molecule has 0 radical (unpaired) electrons. The summed E-state index contributed by atoms with van der Waals surface area (Å²) in [4.78, 5) is 18.1. The van der Waals surface area contributed by atoms with E-state index >= 15 is 0 Å². The number of rotatable bonds is 5. The standard InChI is InChI=1S/C25H17Br2N3O4/c1-2-33-19-12-15(21(26)22(27)23(19)31)13-28-30-24(20-11-14-7-3-6-10-18(14)34-20)29-17-9-5-4-8-16(17)25(30)32/h3-13,31H,2H2,1H3. The molecule has 0 saturated heterocycles. The quantitative estimate of drug-likeness (QED) is 0.245. The molecule has 0 saturated carbocycles. The van der Waals surface area contributed by atoms with Gasteiger partial charge in [0.15, 0.2) is 17.3 Å². The summed E-state index contributed by atoms with van der Waals surface area (Å²) in [5.41, 5.74) is 1.48. The van der Waals surface area contributed by atoms with Crippen LogP contribution in [0.15, 0.2) is 83.9 Å². The molecule has 0 spiro atoms. The lowest BCUT2D eigenvalue weighted by atomic mass is 10.2. The maximum Gasteiger partial charge on any atom is 0.282 e. The first kappa shape index (κ1) is 22.4. The third-order valence-electron chi connectivity index (χ3n) is 5.19. The van der Waals surface area contributed by atoms with Crippen LogP contribution in [0, 0.1) is 0 Å². The van der Waals surface area contributed by atoms with E-state index < -0.39 is 0 Å². The van der Waals surface area contributed by atoms with Gasteiger partial charge < -0.3 is 14.3 Å². The number of aromatic hydroxyl groups is 1. The molecule has 170 valence electrons. The number of ether oxygens (including phenoxy) is 1. The van der Waals surface area contributed by atoms with Crippen LogP contribution in [0.1, 0.15) is 12.5 Å². The highest BCUT2D eigenvalue weighted by Gasteiger charge is 2.18. The van der Waals surface area contributed by atoms with Gasteiger partial charge in [-0.25, -0.2) is 4.98 Å². The summed E-state index contributed by atoms with van der Waals surface area (Å²) in [7, 11) is 0. The molecule has 5 rings (SSSR count). The van der Waals surface area contributed by atoms with E-state index in [1.165, 1.54) is 10.9 Å². The highest BCUT2D eigenvalue weighted by Crippen LogP contribution is 2.41. The van der Waals surface area contributed by atoms with E-state index in [0.717, 1.165) is 5.39 Å². The number of fused-ring (bicyclic) bond motifs is 2. The maximum absolute atomic E-state index is 13.4. The van der Waals surface area contributed by atoms with E-state index in [0.29, 0.717) is 49.1 Å². The molecule has 34 heavy (non-hydrogen) atoms. The topological polar surface area (TPSA) is 89.9 Å². The summed E-state index contributed by atoms with van der Waals surface area (Å²) in [6.07, 6.45) is 1.50. The van der Waals surface area contributed by atoms with Crippen molar-refractivity contribution >= 4 is 59.9 Å². The molecule has 0 fully saturated rings. The zero-order chi connectivity index (χ0) is 23.8. The Morgan fingerprint density at radius 1 is 1.12 bits per heavy atom. The van der Waals surface area contributed by atoms with E-state index in [4.69, 9.17) is 9.15 Å². The SMILES string of the molecule is CCOc1cc(C=Nn2c(-c3cc4ccccc4o3)nc3ccccc3c2=O)c(Br)c(Br)c1O. The first-order chi connectivity index (χ1) is 16.5. The second kappa shape index (κ2) is 9.08. The molecule has 0 aliphatic rings. The van der Waals surface area contributed by atoms with E-state index in [9.17, 15) is 9.90 Å². The Hall–Kier alpha value is -3.43. The van der Waals surface area contributed by atoms with Gasteiger partial charge >= 0.3 is 0 Å². The third kappa shape index (κ3) is 3.91. The van der Waals surface area contributed by atoms with Crippen LogP contribution >= 0.6 is 31.9 Å². The van der Waals surface area contributed by atoms with Crippen molar-refractivity contribution in [2.75, 3.05) is 6.61 Å². The Morgan fingerprint density at radius 2 is 1.88 bits per heavy atom.